The maximum Gasteiger partial charge on any atom is 0.126 e. The summed E-state index contributed by atoms with van der Waals surface area (Å²) in [5, 5.41) is 9.97. The fraction of sp³-hybridized carbons (Fsp3) is 0.250. The molecule has 0 amide bonds. The molecule has 0 atom stereocenters. The van der Waals surface area contributed by atoms with Gasteiger partial charge < -0.3 is 4.74 Å². The second-order valence-corrected chi connectivity index (χ2v) is 2.01. The summed E-state index contributed by atoms with van der Waals surface area (Å²) in [5.74, 6) is 0.0502. The number of halogens is 1. The molecule has 11 heavy (non-hydrogen) atoms. The zero-order chi connectivity index (χ0) is 8.10. The first-order chi connectivity index (χ1) is 5.33. The van der Waals surface area contributed by atoms with Crippen molar-refractivity contribution in [3.63, 3.8) is 0 Å². The van der Waals surface area contributed by atoms with E-state index in [2.05, 4.69) is 0 Å². The van der Waals surface area contributed by atoms with Crippen LogP contribution in [0.3, 0.4) is 0 Å². The fourth-order valence-electron chi connectivity index (χ4n) is 0.716. The largest absolute Gasteiger partial charge is 0.491 e. The first-order valence-electron chi connectivity index (χ1n) is 3.29. The lowest BCUT2D eigenvalue weighted by Crippen LogP contribution is -2.00. The van der Waals surface area contributed by atoms with Crippen LogP contribution in [0, 0.1) is 5.82 Å². The predicted octanol–water partition coefficient (Wildman–Crippen LogP) is 1.64. The molecule has 0 N–H and O–H groups in total. The van der Waals surface area contributed by atoms with E-state index in [9.17, 15) is 9.50 Å². The number of rotatable bonds is 3. The number of hydrogen-bond donors (Lipinski definition) is 0. The average Bonchev–Trinajstić information content (AvgIpc) is 2.01. The summed E-state index contributed by atoms with van der Waals surface area (Å²) in [6.45, 7) is -0.222. The molecule has 1 aromatic carbocycles. The lowest BCUT2D eigenvalue weighted by atomic mass is 10.3. The molecule has 0 heterocycles. The van der Waals surface area contributed by atoms with Gasteiger partial charge in [0, 0.05) is 6.07 Å². The SMILES string of the molecule is [O]CCOc1cccc(F)c1. The van der Waals surface area contributed by atoms with Crippen LogP contribution in [0.15, 0.2) is 24.3 Å². The molecule has 0 fully saturated rings. The predicted molar refractivity (Wildman–Crippen MR) is 37.4 cm³/mol. The zero-order valence-electron chi connectivity index (χ0n) is 5.92. The van der Waals surface area contributed by atoms with E-state index in [1.54, 1.807) is 6.07 Å². The smallest absolute Gasteiger partial charge is 0.126 e. The maximum atomic E-state index is 12.4. The molecule has 0 spiro atoms. The van der Waals surface area contributed by atoms with Gasteiger partial charge in [0.1, 0.15) is 24.8 Å². The first kappa shape index (κ1) is 8.01. The average molecular weight is 155 g/mol. The van der Waals surface area contributed by atoms with Crippen LogP contribution >= 0.6 is 0 Å². The van der Waals surface area contributed by atoms with Crippen LogP contribution in [-0.4, -0.2) is 13.2 Å². The van der Waals surface area contributed by atoms with Crippen LogP contribution in [0.25, 0.3) is 0 Å². The standard InChI is InChI=1S/C8H8FO2/c9-7-2-1-3-8(6-7)11-5-4-10/h1-3,6H,4-5H2. The van der Waals surface area contributed by atoms with E-state index < -0.39 is 0 Å². The highest BCUT2D eigenvalue weighted by Gasteiger charge is 1.93. The normalized spacial score (nSPS) is 9.64. The fourth-order valence-corrected chi connectivity index (χ4v) is 0.716. The first-order valence-corrected chi connectivity index (χ1v) is 3.29. The second-order valence-electron chi connectivity index (χ2n) is 2.01. The zero-order valence-corrected chi connectivity index (χ0v) is 5.92. The van der Waals surface area contributed by atoms with E-state index in [1.807, 2.05) is 0 Å². The Kier molecular flexibility index (Phi) is 2.86. The molecule has 1 aromatic rings. The molecule has 2 nitrogen and oxygen atoms in total. The second kappa shape index (κ2) is 3.93. The minimum Gasteiger partial charge on any atom is -0.491 e. The molecule has 1 radical (unpaired) electrons. The van der Waals surface area contributed by atoms with Gasteiger partial charge in [0.05, 0.1) is 0 Å². The Morgan fingerprint density at radius 2 is 2.27 bits per heavy atom. The van der Waals surface area contributed by atoms with Crippen molar-refractivity contribution in [2.75, 3.05) is 13.2 Å². The third kappa shape index (κ3) is 2.55. The van der Waals surface area contributed by atoms with Crippen molar-refractivity contribution in [3.8, 4) is 5.75 Å². The molecule has 59 valence electrons. The van der Waals surface area contributed by atoms with Crippen LogP contribution in [0.1, 0.15) is 0 Å². The Hall–Kier alpha value is -1.09. The van der Waals surface area contributed by atoms with Gasteiger partial charge in [-0.1, -0.05) is 6.07 Å². The molecule has 0 aromatic heterocycles. The highest BCUT2D eigenvalue weighted by atomic mass is 19.1. The van der Waals surface area contributed by atoms with E-state index in [4.69, 9.17) is 4.74 Å². The molecule has 3 heteroatoms. The van der Waals surface area contributed by atoms with E-state index >= 15 is 0 Å². The lowest BCUT2D eigenvalue weighted by Gasteiger charge is -2.01. The lowest BCUT2D eigenvalue weighted by molar-refractivity contribution is 0.138. The van der Waals surface area contributed by atoms with E-state index in [-0.39, 0.29) is 19.0 Å². The summed E-state index contributed by atoms with van der Waals surface area (Å²) in [6, 6.07) is 5.72. The molecule has 0 aliphatic rings. The van der Waals surface area contributed by atoms with Crippen LogP contribution < -0.4 is 4.74 Å². The van der Waals surface area contributed by atoms with E-state index in [1.165, 1.54) is 18.2 Å². The Balaban J connectivity index is 2.56. The Morgan fingerprint density at radius 3 is 2.91 bits per heavy atom. The number of ether oxygens (including phenoxy) is 1. The molecule has 1 rings (SSSR count). The van der Waals surface area contributed by atoms with Gasteiger partial charge in [0.15, 0.2) is 0 Å². The molecule has 0 aliphatic heterocycles. The van der Waals surface area contributed by atoms with Crippen molar-refractivity contribution >= 4 is 0 Å². The summed E-state index contributed by atoms with van der Waals surface area (Å²) >= 11 is 0. The highest BCUT2D eigenvalue weighted by Crippen LogP contribution is 2.11. The Bertz CT molecular complexity index is 225. The van der Waals surface area contributed by atoms with Crippen LogP contribution in [0.2, 0.25) is 0 Å². The summed E-state index contributed by atoms with van der Waals surface area (Å²) in [4.78, 5) is 0. The van der Waals surface area contributed by atoms with Gasteiger partial charge in [-0.2, -0.15) is 0 Å². The van der Waals surface area contributed by atoms with Crippen LogP contribution in [-0.2, 0) is 5.11 Å². The van der Waals surface area contributed by atoms with Gasteiger partial charge in [-0.15, -0.1) is 0 Å². The molecule has 0 saturated carbocycles. The number of hydrogen-bond acceptors (Lipinski definition) is 1. The minimum atomic E-state index is -0.353. The van der Waals surface area contributed by atoms with Gasteiger partial charge in [0.25, 0.3) is 0 Å². The van der Waals surface area contributed by atoms with Crippen molar-refractivity contribution in [2.24, 2.45) is 0 Å². The van der Waals surface area contributed by atoms with Gasteiger partial charge in [-0.05, 0) is 12.1 Å². The number of benzene rings is 1. The van der Waals surface area contributed by atoms with Crippen molar-refractivity contribution < 1.29 is 14.2 Å². The third-order valence-electron chi connectivity index (χ3n) is 1.15. The molecule has 0 unspecified atom stereocenters. The summed E-state index contributed by atoms with van der Waals surface area (Å²) < 4.78 is 17.3. The van der Waals surface area contributed by atoms with Crippen molar-refractivity contribution in [1.82, 2.24) is 0 Å². The van der Waals surface area contributed by atoms with E-state index in [0.717, 1.165) is 0 Å². The van der Waals surface area contributed by atoms with Crippen molar-refractivity contribution in [1.29, 1.82) is 0 Å². The van der Waals surface area contributed by atoms with Crippen LogP contribution in [0.5, 0.6) is 5.75 Å². The van der Waals surface area contributed by atoms with Gasteiger partial charge >= 0.3 is 0 Å². The molecular weight excluding hydrogens is 147 g/mol. The highest BCUT2D eigenvalue weighted by molar-refractivity contribution is 5.22. The monoisotopic (exact) mass is 155 g/mol. The Labute approximate surface area is 64.2 Å². The quantitative estimate of drug-likeness (QED) is 0.652. The topological polar surface area (TPSA) is 29.1 Å². The summed E-state index contributed by atoms with van der Waals surface area (Å²) in [6.07, 6.45) is 0. The van der Waals surface area contributed by atoms with Gasteiger partial charge in [-0.25, -0.2) is 9.50 Å². The van der Waals surface area contributed by atoms with Crippen LogP contribution in [0.4, 0.5) is 4.39 Å². The molecule has 0 bridgehead atoms. The minimum absolute atomic E-state index is 0.0868. The van der Waals surface area contributed by atoms with Crippen molar-refractivity contribution in [3.05, 3.63) is 30.1 Å². The molecule has 0 saturated heterocycles. The molecule has 0 aliphatic carbocycles. The maximum absolute atomic E-state index is 12.4. The molecular formula is C8H8FO2. The third-order valence-corrected chi connectivity index (χ3v) is 1.15. The van der Waals surface area contributed by atoms with Crippen molar-refractivity contribution in [2.45, 2.75) is 0 Å². The summed E-state index contributed by atoms with van der Waals surface area (Å²) in [7, 11) is 0. The van der Waals surface area contributed by atoms with Gasteiger partial charge in [-0.3, -0.25) is 0 Å². The van der Waals surface area contributed by atoms with E-state index in [0.29, 0.717) is 5.75 Å². The Morgan fingerprint density at radius 1 is 1.45 bits per heavy atom. The summed E-state index contributed by atoms with van der Waals surface area (Å²) in [5.41, 5.74) is 0. The van der Waals surface area contributed by atoms with Gasteiger partial charge in [0.2, 0.25) is 0 Å².